The average molecular weight is 288 g/mol. The zero-order valence-electron chi connectivity index (χ0n) is 12.2. The fraction of sp³-hybridized carbons (Fsp3) is 0.438. The average Bonchev–Trinajstić information content (AvgIpc) is 3.00. The van der Waals surface area contributed by atoms with E-state index in [4.69, 9.17) is 0 Å². The molecule has 0 saturated carbocycles. The molecule has 0 N–H and O–H groups in total. The summed E-state index contributed by atoms with van der Waals surface area (Å²) in [5.41, 5.74) is 1.06. The summed E-state index contributed by atoms with van der Waals surface area (Å²) in [5, 5.41) is 0. The third kappa shape index (κ3) is 4.12. The van der Waals surface area contributed by atoms with E-state index in [2.05, 4.69) is 19.4 Å². The molecular formula is C16H21FN4. The highest BCUT2D eigenvalue weighted by Gasteiger charge is 2.16. The van der Waals surface area contributed by atoms with E-state index in [1.54, 1.807) is 12.1 Å². The van der Waals surface area contributed by atoms with Gasteiger partial charge in [0, 0.05) is 58.2 Å². The number of halogens is 1. The molecule has 5 heteroatoms. The van der Waals surface area contributed by atoms with Crippen LogP contribution in [0.4, 0.5) is 4.39 Å². The van der Waals surface area contributed by atoms with Gasteiger partial charge in [-0.25, -0.2) is 9.37 Å². The first-order valence-electron chi connectivity index (χ1n) is 7.44. The predicted molar refractivity (Wildman–Crippen MR) is 80.3 cm³/mol. The normalized spacial score (nSPS) is 17.2. The molecule has 3 rings (SSSR count). The van der Waals surface area contributed by atoms with Gasteiger partial charge in [-0.3, -0.25) is 9.80 Å². The van der Waals surface area contributed by atoms with E-state index >= 15 is 0 Å². The maximum Gasteiger partial charge on any atom is 0.123 e. The molecule has 0 aliphatic carbocycles. The third-order valence-electron chi connectivity index (χ3n) is 3.99. The lowest BCUT2D eigenvalue weighted by atomic mass is 10.2. The number of benzene rings is 1. The van der Waals surface area contributed by atoms with Crippen molar-refractivity contribution >= 4 is 0 Å². The lowest BCUT2D eigenvalue weighted by molar-refractivity contribution is 0.124. The van der Waals surface area contributed by atoms with Crippen molar-refractivity contribution in [2.75, 3.05) is 32.7 Å². The van der Waals surface area contributed by atoms with Gasteiger partial charge in [0.05, 0.1) is 6.33 Å². The highest BCUT2D eigenvalue weighted by Crippen LogP contribution is 2.10. The Kier molecular flexibility index (Phi) is 4.62. The van der Waals surface area contributed by atoms with Crippen molar-refractivity contribution < 1.29 is 4.39 Å². The van der Waals surface area contributed by atoms with E-state index in [1.807, 2.05) is 24.8 Å². The van der Waals surface area contributed by atoms with Crippen LogP contribution >= 0.6 is 0 Å². The van der Waals surface area contributed by atoms with Gasteiger partial charge in [0.2, 0.25) is 0 Å². The van der Waals surface area contributed by atoms with E-state index in [1.165, 1.54) is 6.07 Å². The molecule has 1 aromatic carbocycles. The summed E-state index contributed by atoms with van der Waals surface area (Å²) in [7, 11) is 0. The van der Waals surface area contributed by atoms with Crippen LogP contribution in [0.25, 0.3) is 0 Å². The number of piperazine rings is 1. The van der Waals surface area contributed by atoms with Crippen LogP contribution in [0.1, 0.15) is 5.56 Å². The van der Waals surface area contributed by atoms with E-state index in [0.717, 1.165) is 51.4 Å². The van der Waals surface area contributed by atoms with Gasteiger partial charge in [0.15, 0.2) is 0 Å². The van der Waals surface area contributed by atoms with Crippen LogP contribution in [0.5, 0.6) is 0 Å². The molecule has 1 saturated heterocycles. The molecular weight excluding hydrogens is 267 g/mol. The number of hydrogen-bond acceptors (Lipinski definition) is 3. The van der Waals surface area contributed by atoms with E-state index in [-0.39, 0.29) is 5.82 Å². The second-order valence-corrected chi connectivity index (χ2v) is 5.55. The lowest BCUT2D eigenvalue weighted by Gasteiger charge is -2.34. The highest BCUT2D eigenvalue weighted by molar-refractivity contribution is 5.16. The largest absolute Gasteiger partial charge is 0.336 e. The second-order valence-electron chi connectivity index (χ2n) is 5.55. The molecule has 0 atom stereocenters. The molecule has 2 heterocycles. The van der Waals surface area contributed by atoms with Crippen LogP contribution in [-0.2, 0) is 13.1 Å². The Balaban J connectivity index is 1.42. The van der Waals surface area contributed by atoms with Crippen LogP contribution in [-0.4, -0.2) is 52.1 Å². The Hall–Kier alpha value is -1.72. The van der Waals surface area contributed by atoms with Crippen molar-refractivity contribution in [1.29, 1.82) is 0 Å². The number of nitrogens with zero attached hydrogens (tertiary/aromatic N) is 4. The van der Waals surface area contributed by atoms with Crippen molar-refractivity contribution in [3.8, 4) is 0 Å². The van der Waals surface area contributed by atoms with Crippen molar-refractivity contribution in [1.82, 2.24) is 19.4 Å². The number of aromatic nitrogens is 2. The Morgan fingerprint density at radius 3 is 2.57 bits per heavy atom. The van der Waals surface area contributed by atoms with Gasteiger partial charge >= 0.3 is 0 Å². The minimum atomic E-state index is -0.147. The molecule has 0 spiro atoms. The molecule has 0 unspecified atom stereocenters. The van der Waals surface area contributed by atoms with Gasteiger partial charge < -0.3 is 4.57 Å². The minimum absolute atomic E-state index is 0.147. The number of imidazole rings is 1. The third-order valence-corrected chi connectivity index (χ3v) is 3.99. The van der Waals surface area contributed by atoms with Crippen molar-refractivity contribution in [3.05, 3.63) is 54.4 Å². The standard InChI is InChI=1S/C16H21FN4/c17-16-3-1-2-15(12-16)13-20-9-6-19(7-10-20)8-11-21-5-4-18-14-21/h1-5,12,14H,6-11,13H2. The Bertz CT molecular complexity index is 547. The molecule has 2 aromatic rings. The molecule has 1 aliphatic heterocycles. The first-order valence-corrected chi connectivity index (χ1v) is 7.44. The van der Waals surface area contributed by atoms with Gasteiger partial charge in [-0.2, -0.15) is 0 Å². The Morgan fingerprint density at radius 2 is 1.86 bits per heavy atom. The smallest absolute Gasteiger partial charge is 0.123 e. The van der Waals surface area contributed by atoms with Crippen LogP contribution in [0.15, 0.2) is 43.0 Å². The van der Waals surface area contributed by atoms with Crippen LogP contribution in [0.3, 0.4) is 0 Å². The zero-order chi connectivity index (χ0) is 14.5. The first-order chi connectivity index (χ1) is 10.3. The number of hydrogen-bond donors (Lipinski definition) is 0. The highest BCUT2D eigenvalue weighted by atomic mass is 19.1. The Labute approximate surface area is 124 Å². The molecule has 1 aromatic heterocycles. The first kappa shape index (κ1) is 14.2. The van der Waals surface area contributed by atoms with Crippen LogP contribution in [0.2, 0.25) is 0 Å². The summed E-state index contributed by atoms with van der Waals surface area (Å²) in [4.78, 5) is 8.92. The SMILES string of the molecule is Fc1cccc(CN2CCN(CCn3ccnc3)CC2)c1. The van der Waals surface area contributed by atoms with E-state index in [9.17, 15) is 4.39 Å². The molecule has 0 bridgehead atoms. The number of rotatable bonds is 5. The monoisotopic (exact) mass is 288 g/mol. The molecule has 21 heavy (non-hydrogen) atoms. The van der Waals surface area contributed by atoms with Crippen LogP contribution < -0.4 is 0 Å². The maximum absolute atomic E-state index is 13.2. The maximum atomic E-state index is 13.2. The summed E-state index contributed by atoms with van der Waals surface area (Å²) in [6.45, 7) is 7.12. The molecule has 0 radical (unpaired) electrons. The fourth-order valence-corrected chi connectivity index (χ4v) is 2.74. The molecule has 0 amide bonds. The summed E-state index contributed by atoms with van der Waals surface area (Å²) >= 11 is 0. The van der Waals surface area contributed by atoms with E-state index < -0.39 is 0 Å². The van der Waals surface area contributed by atoms with E-state index in [0.29, 0.717) is 0 Å². The molecule has 4 nitrogen and oxygen atoms in total. The minimum Gasteiger partial charge on any atom is -0.336 e. The lowest BCUT2D eigenvalue weighted by Crippen LogP contribution is -2.46. The van der Waals surface area contributed by atoms with Crippen LogP contribution in [0, 0.1) is 5.82 Å². The van der Waals surface area contributed by atoms with Gasteiger partial charge in [-0.05, 0) is 17.7 Å². The van der Waals surface area contributed by atoms with Gasteiger partial charge in [0.1, 0.15) is 5.82 Å². The quantitative estimate of drug-likeness (QED) is 0.839. The zero-order valence-corrected chi connectivity index (χ0v) is 12.2. The van der Waals surface area contributed by atoms with Gasteiger partial charge in [0.25, 0.3) is 0 Å². The fourth-order valence-electron chi connectivity index (χ4n) is 2.74. The second kappa shape index (κ2) is 6.83. The van der Waals surface area contributed by atoms with Gasteiger partial charge in [-0.15, -0.1) is 0 Å². The summed E-state index contributed by atoms with van der Waals surface area (Å²) < 4.78 is 15.3. The summed E-state index contributed by atoms with van der Waals surface area (Å²) in [6.07, 6.45) is 5.68. The molecule has 112 valence electrons. The summed E-state index contributed by atoms with van der Waals surface area (Å²) in [6, 6.07) is 6.91. The topological polar surface area (TPSA) is 24.3 Å². The predicted octanol–water partition coefficient (Wildman–Crippen LogP) is 1.84. The van der Waals surface area contributed by atoms with Crippen molar-refractivity contribution in [2.24, 2.45) is 0 Å². The van der Waals surface area contributed by atoms with Crippen molar-refractivity contribution in [2.45, 2.75) is 13.1 Å². The summed E-state index contributed by atoms with van der Waals surface area (Å²) in [5.74, 6) is -0.147. The Morgan fingerprint density at radius 1 is 1.05 bits per heavy atom. The molecule has 1 aliphatic rings. The molecule has 1 fully saturated rings. The van der Waals surface area contributed by atoms with Gasteiger partial charge in [-0.1, -0.05) is 12.1 Å². The van der Waals surface area contributed by atoms with Crippen molar-refractivity contribution in [3.63, 3.8) is 0 Å².